The van der Waals surface area contributed by atoms with E-state index in [9.17, 15) is 0 Å². The third-order valence-electron chi connectivity index (χ3n) is 2.21. The maximum Gasteiger partial charge on any atom is 0.0547 e. The van der Waals surface area contributed by atoms with Crippen molar-refractivity contribution in [1.29, 1.82) is 0 Å². The van der Waals surface area contributed by atoms with Crippen molar-refractivity contribution in [3.8, 4) is 0 Å². The molecule has 0 atom stereocenters. The van der Waals surface area contributed by atoms with Gasteiger partial charge in [0.2, 0.25) is 0 Å². The van der Waals surface area contributed by atoms with Crippen molar-refractivity contribution < 1.29 is 0 Å². The van der Waals surface area contributed by atoms with Gasteiger partial charge in [-0.25, -0.2) is 0 Å². The van der Waals surface area contributed by atoms with Gasteiger partial charge >= 0.3 is 0 Å². The van der Waals surface area contributed by atoms with Crippen LogP contribution in [0.5, 0.6) is 0 Å². The number of nitrogens with zero attached hydrogens (tertiary/aromatic N) is 2. The molecule has 0 aliphatic carbocycles. The molecule has 1 rings (SSSR count). The highest BCUT2D eigenvalue weighted by Crippen LogP contribution is 2.12. The summed E-state index contributed by atoms with van der Waals surface area (Å²) in [5.74, 6) is 0. The van der Waals surface area contributed by atoms with Crippen LogP contribution in [0.4, 0.5) is 11.4 Å². The van der Waals surface area contributed by atoms with E-state index in [1.807, 2.05) is 12.4 Å². The molecule has 0 aliphatic rings. The number of hydrogen-bond donors (Lipinski definition) is 2. The number of likely N-dealkylation sites (N-methyl/N-ethyl adjacent to an activating group) is 1. The number of nitrogens with one attached hydrogen (secondary N) is 2. The van der Waals surface area contributed by atoms with Crippen LogP contribution < -0.4 is 10.6 Å². The van der Waals surface area contributed by atoms with E-state index in [4.69, 9.17) is 0 Å². The van der Waals surface area contributed by atoms with E-state index in [0.717, 1.165) is 37.4 Å². The van der Waals surface area contributed by atoms with Crippen molar-refractivity contribution in [1.82, 2.24) is 9.88 Å². The molecule has 0 aliphatic heterocycles. The van der Waals surface area contributed by atoms with E-state index < -0.39 is 0 Å². The van der Waals surface area contributed by atoms with Crippen LogP contribution in [0.25, 0.3) is 0 Å². The smallest absolute Gasteiger partial charge is 0.0547 e. The van der Waals surface area contributed by atoms with E-state index in [-0.39, 0.29) is 0 Å². The molecule has 0 fully saturated rings. The van der Waals surface area contributed by atoms with Gasteiger partial charge in [0.15, 0.2) is 0 Å². The first kappa shape index (κ1) is 12.8. The summed E-state index contributed by atoms with van der Waals surface area (Å²) in [7, 11) is 4.14. The van der Waals surface area contributed by atoms with Gasteiger partial charge in [-0.05, 0) is 26.6 Å². The van der Waals surface area contributed by atoms with Gasteiger partial charge in [0, 0.05) is 19.6 Å². The molecular weight excluding hydrogens is 200 g/mol. The predicted molar refractivity (Wildman–Crippen MR) is 70.1 cm³/mol. The van der Waals surface area contributed by atoms with E-state index in [1.165, 1.54) is 0 Å². The van der Waals surface area contributed by atoms with Gasteiger partial charge in [-0.2, -0.15) is 0 Å². The molecule has 90 valence electrons. The molecule has 1 heterocycles. The van der Waals surface area contributed by atoms with Crippen molar-refractivity contribution >= 4 is 11.4 Å². The van der Waals surface area contributed by atoms with Crippen LogP contribution in [-0.4, -0.2) is 43.6 Å². The third-order valence-corrected chi connectivity index (χ3v) is 2.21. The Labute approximate surface area is 98.1 Å². The molecule has 1 aromatic rings. The first-order valence-electron chi connectivity index (χ1n) is 5.80. The van der Waals surface area contributed by atoms with Gasteiger partial charge in [-0.1, -0.05) is 6.92 Å². The Morgan fingerprint density at radius 3 is 2.31 bits per heavy atom. The van der Waals surface area contributed by atoms with Crippen LogP contribution in [-0.2, 0) is 0 Å². The fraction of sp³-hybridized carbons (Fsp3) is 0.583. The fourth-order valence-electron chi connectivity index (χ4n) is 1.33. The lowest BCUT2D eigenvalue weighted by atomic mass is 10.3. The number of hydrogen-bond acceptors (Lipinski definition) is 4. The van der Waals surface area contributed by atoms with Gasteiger partial charge in [-0.15, -0.1) is 0 Å². The van der Waals surface area contributed by atoms with Crippen molar-refractivity contribution in [2.24, 2.45) is 0 Å². The summed E-state index contributed by atoms with van der Waals surface area (Å²) in [5, 5.41) is 6.67. The van der Waals surface area contributed by atoms with Crippen LogP contribution in [0, 0.1) is 0 Å². The summed E-state index contributed by atoms with van der Waals surface area (Å²) < 4.78 is 0. The van der Waals surface area contributed by atoms with Gasteiger partial charge in [0.25, 0.3) is 0 Å². The van der Waals surface area contributed by atoms with E-state index in [1.54, 1.807) is 0 Å². The van der Waals surface area contributed by atoms with Gasteiger partial charge in [-0.3, -0.25) is 4.98 Å². The highest BCUT2D eigenvalue weighted by molar-refractivity contribution is 5.53. The summed E-state index contributed by atoms with van der Waals surface area (Å²) in [6.45, 7) is 5.10. The predicted octanol–water partition coefficient (Wildman–Crippen LogP) is 1.88. The molecule has 0 saturated heterocycles. The Morgan fingerprint density at radius 1 is 1.12 bits per heavy atom. The molecule has 0 unspecified atom stereocenters. The summed E-state index contributed by atoms with van der Waals surface area (Å²) in [5.41, 5.74) is 2.15. The Kier molecular flexibility index (Phi) is 5.64. The standard InChI is InChI=1S/C12H22N4/c1-4-5-14-11-8-12(10-13-9-11)15-6-7-16(2)3/h8-10,14-15H,4-7H2,1-3H3. The molecule has 2 N–H and O–H groups in total. The summed E-state index contributed by atoms with van der Waals surface area (Å²) >= 11 is 0. The van der Waals surface area contributed by atoms with Gasteiger partial charge in [0.1, 0.15) is 0 Å². The van der Waals surface area contributed by atoms with E-state index in [0.29, 0.717) is 0 Å². The number of anilines is 2. The average molecular weight is 222 g/mol. The van der Waals surface area contributed by atoms with Crippen molar-refractivity contribution in [2.45, 2.75) is 13.3 Å². The zero-order chi connectivity index (χ0) is 11.8. The van der Waals surface area contributed by atoms with Crippen molar-refractivity contribution in [3.05, 3.63) is 18.5 Å². The number of pyridine rings is 1. The minimum Gasteiger partial charge on any atom is -0.384 e. The van der Waals surface area contributed by atoms with E-state index in [2.05, 4.69) is 47.6 Å². The molecule has 16 heavy (non-hydrogen) atoms. The lowest BCUT2D eigenvalue weighted by Crippen LogP contribution is -2.20. The summed E-state index contributed by atoms with van der Waals surface area (Å²) in [4.78, 5) is 6.35. The Balaban J connectivity index is 2.40. The maximum atomic E-state index is 4.20. The number of rotatable bonds is 7. The molecule has 0 spiro atoms. The molecular formula is C12H22N4. The van der Waals surface area contributed by atoms with Gasteiger partial charge < -0.3 is 15.5 Å². The quantitative estimate of drug-likeness (QED) is 0.739. The first-order chi connectivity index (χ1) is 7.72. The van der Waals surface area contributed by atoms with Gasteiger partial charge in [0.05, 0.1) is 23.8 Å². The van der Waals surface area contributed by atoms with Crippen molar-refractivity contribution in [2.75, 3.05) is 44.4 Å². The van der Waals surface area contributed by atoms with Crippen LogP contribution in [0.15, 0.2) is 18.5 Å². The van der Waals surface area contributed by atoms with Crippen LogP contribution in [0.1, 0.15) is 13.3 Å². The zero-order valence-corrected chi connectivity index (χ0v) is 10.5. The monoisotopic (exact) mass is 222 g/mol. The largest absolute Gasteiger partial charge is 0.384 e. The topological polar surface area (TPSA) is 40.2 Å². The second kappa shape index (κ2) is 7.06. The second-order valence-corrected chi connectivity index (χ2v) is 4.12. The summed E-state index contributed by atoms with van der Waals surface area (Å²) in [6, 6.07) is 2.10. The van der Waals surface area contributed by atoms with E-state index >= 15 is 0 Å². The molecule has 4 heteroatoms. The molecule has 0 saturated carbocycles. The number of aromatic nitrogens is 1. The Morgan fingerprint density at radius 2 is 1.75 bits per heavy atom. The molecule has 0 bridgehead atoms. The minimum absolute atomic E-state index is 0.936. The lowest BCUT2D eigenvalue weighted by Gasteiger charge is -2.12. The first-order valence-corrected chi connectivity index (χ1v) is 5.80. The Bertz CT molecular complexity index is 299. The third kappa shape index (κ3) is 4.98. The highest BCUT2D eigenvalue weighted by atomic mass is 15.1. The average Bonchev–Trinajstić information content (AvgIpc) is 2.26. The molecule has 0 amide bonds. The van der Waals surface area contributed by atoms with Crippen LogP contribution in [0.3, 0.4) is 0 Å². The zero-order valence-electron chi connectivity index (χ0n) is 10.5. The molecule has 4 nitrogen and oxygen atoms in total. The maximum absolute atomic E-state index is 4.20. The SMILES string of the molecule is CCCNc1cncc(NCCN(C)C)c1. The van der Waals surface area contributed by atoms with Crippen LogP contribution in [0.2, 0.25) is 0 Å². The molecule has 0 radical (unpaired) electrons. The minimum atomic E-state index is 0.936. The second-order valence-electron chi connectivity index (χ2n) is 4.12. The summed E-state index contributed by atoms with van der Waals surface area (Å²) in [6.07, 6.45) is 4.83. The normalized spacial score (nSPS) is 10.5. The molecule has 0 aromatic carbocycles. The molecule has 1 aromatic heterocycles. The van der Waals surface area contributed by atoms with Crippen LogP contribution >= 0.6 is 0 Å². The fourth-order valence-corrected chi connectivity index (χ4v) is 1.33. The Hall–Kier alpha value is -1.29. The highest BCUT2D eigenvalue weighted by Gasteiger charge is 1.96. The lowest BCUT2D eigenvalue weighted by molar-refractivity contribution is 0.425. The van der Waals surface area contributed by atoms with Crippen molar-refractivity contribution in [3.63, 3.8) is 0 Å².